The van der Waals surface area contributed by atoms with Gasteiger partial charge in [-0.3, -0.25) is 4.79 Å². The molecule has 1 aromatic carbocycles. The molecule has 0 radical (unpaired) electrons. The molecular weight excluding hydrogens is 263 g/mol. The number of carbonyl (C=O) groups is 1. The number of ether oxygens (including phenoxy) is 1. The number of aromatic nitrogens is 1. The molecule has 2 aromatic rings. The van der Waals surface area contributed by atoms with Gasteiger partial charge in [0.05, 0.1) is 6.54 Å². The molecule has 0 aliphatic heterocycles. The minimum Gasteiger partial charge on any atom is -0.484 e. The fourth-order valence-electron chi connectivity index (χ4n) is 1.64. The van der Waals surface area contributed by atoms with Crippen molar-refractivity contribution >= 4 is 5.91 Å². The van der Waals surface area contributed by atoms with Crippen molar-refractivity contribution in [3.8, 4) is 5.75 Å². The Balaban J connectivity index is 1.85. The van der Waals surface area contributed by atoms with Crippen molar-refractivity contribution in [2.75, 3.05) is 13.7 Å². The van der Waals surface area contributed by atoms with Crippen molar-refractivity contribution in [3.05, 3.63) is 47.6 Å². The minimum absolute atomic E-state index is 0.156. The van der Waals surface area contributed by atoms with Crippen LogP contribution in [0, 0.1) is 12.7 Å². The Hall–Kier alpha value is -2.37. The molecule has 0 N–H and O–H groups in total. The second-order valence-electron chi connectivity index (χ2n) is 4.42. The molecule has 5 nitrogen and oxygen atoms in total. The van der Waals surface area contributed by atoms with Crippen LogP contribution in [0.1, 0.15) is 11.5 Å². The van der Waals surface area contributed by atoms with E-state index in [1.807, 2.05) is 0 Å². The molecule has 0 fully saturated rings. The monoisotopic (exact) mass is 278 g/mol. The molecule has 0 aliphatic carbocycles. The summed E-state index contributed by atoms with van der Waals surface area (Å²) in [6.45, 7) is 1.96. The van der Waals surface area contributed by atoms with Crippen LogP contribution in [0.4, 0.5) is 4.39 Å². The SMILES string of the molecule is Cc1cc(CN(C)C(=O)COc2cccc(F)c2)no1. The number of halogens is 1. The largest absolute Gasteiger partial charge is 0.484 e. The van der Waals surface area contributed by atoms with Crippen LogP contribution in [0.15, 0.2) is 34.9 Å². The lowest BCUT2D eigenvalue weighted by atomic mass is 10.3. The van der Waals surface area contributed by atoms with E-state index in [9.17, 15) is 9.18 Å². The number of amides is 1. The first-order valence-electron chi connectivity index (χ1n) is 6.09. The zero-order chi connectivity index (χ0) is 14.5. The summed E-state index contributed by atoms with van der Waals surface area (Å²) in [6.07, 6.45) is 0. The van der Waals surface area contributed by atoms with E-state index in [4.69, 9.17) is 9.26 Å². The minimum atomic E-state index is -0.402. The summed E-state index contributed by atoms with van der Waals surface area (Å²) in [5.41, 5.74) is 0.670. The zero-order valence-corrected chi connectivity index (χ0v) is 11.3. The van der Waals surface area contributed by atoms with E-state index in [1.165, 1.54) is 23.1 Å². The summed E-state index contributed by atoms with van der Waals surface area (Å²) in [7, 11) is 1.64. The van der Waals surface area contributed by atoms with Crippen LogP contribution in [-0.2, 0) is 11.3 Å². The Morgan fingerprint density at radius 2 is 2.25 bits per heavy atom. The lowest BCUT2D eigenvalue weighted by Gasteiger charge is -2.15. The van der Waals surface area contributed by atoms with Gasteiger partial charge in [0.15, 0.2) is 6.61 Å². The molecule has 0 unspecified atom stereocenters. The average molecular weight is 278 g/mol. The Kier molecular flexibility index (Phi) is 4.34. The second-order valence-corrected chi connectivity index (χ2v) is 4.42. The highest BCUT2D eigenvalue weighted by atomic mass is 19.1. The van der Waals surface area contributed by atoms with Gasteiger partial charge in [0.25, 0.3) is 5.91 Å². The molecule has 2 rings (SSSR count). The maximum atomic E-state index is 12.9. The molecule has 1 amide bonds. The first-order chi connectivity index (χ1) is 9.54. The van der Waals surface area contributed by atoms with Crippen molar-refractivity contribution in [1.29, 1.82) is 0 Å². The van der Waals surface area contributed by atoms with E-state index in [0.29, 0.717) is 23.7 Å². The maximum absolute atomic E-state index is 12.9. The van der Waals surface area contributed by atoms with Crippen LogP contribution in [0.5, 0.6) is 5.75 Å². The smallest absolute Gasteiger partial charge is 0.260 e. The molecule has 0 aliphatic rings. The predicted octanol–water partition coefficient (Wildman–Crippen LogP) is 2.16. The maximum Gasteiger partial charge on any atom is 0.260 e. The molecule has 0 saturated heterocycles. The molecule has 0 bridgehead atoms. The molecule has 20 heavy (non-hydrogen) atoms. The number of nitrogens with zero attached hydrogens (tertiary/aromatic N) is 2. The summed E-state index contributed by atoms with van der Waals surface area (Å²) in [4.78, 5) is 13.3. The van der Waals surface area contributed by atoms with Gasteiger partial charge in [-0.25, -0.2) is 4.39 Å². The lowest BCUT2D eigenvalue weighted by molar-refractivity contribution is -0.132. The van der Waals surface area contributed by atoms with E-state index in [1.54, 1.807) is 26.1 Å². The summed E-state index contributed by atoms with van der Waals surface area (Å²) in [5, 5.41) is 3.81. The van der Waals surface area contributed by atoms with Gasteiger partial charge in [0.2, 0.25) is 0 Å². The molecule has 0 spiro atoms. The quantitative estimate of drug-likeness (QED) is 0.841. The van der Waals surface area contributed by atoms with Crippen molar-refractivity contribution < 1.29 is 18.4 Å². The van der Waals surface area contributed by atoms with E-state index in [-0.39, 0.29) is 12.5 Å². The highest BCUT2D eigenvalue weighted by Crippen LogP contribution is 2.12. The summed E-state index contributed by atoms with van der Waals surface area (Å²) in [6, 6.07) is 7.42. The van der Waals surface area contributed by atoms with Gasteiger partial charge < -0.3 is 14.2 Å². The van der Waals surface area contributed by atoms with E-state index < -0.39 is 5.82 Å². The van der Waals surface area contributed by atoms with Gasteiger partial charge in [0.1, 0.15) is 23.0 Å². The van der Waals surface area contributed by atoms with Gasteiger partial charge >= 0.3 is 0 Å². The molecule has 0 saturated carbocycles. The van der Waals surface area contributed by atoms with Gasteiger partial charge in [-0.15, -0.1) is 0 Å². The number of hydrogen-bond acceptors (Lipinski definition) is 4. The average Bonchev–Trinajstić information content (AvgIpc) is 2.81. The standard InChI is InChI=1S/C14H15FN2O3/c1-10-6-12(16-20-10)8-17(2)14(18)9-19-13-5-3-4-11(15)7-13/h3-7H,8-9H2,1-2H3. The van der Waals surface area contributed by atoms with E-state index in [2.05, 4.69) is 5.16 Å². The first-order valence-corrected chi connectivity index (χ1v) is 6.09. The Morgan fingerprint density at radius 1 is 1.45 bits per heavy atom. The fraction of sp³-hybridized carbons (Fsp3) is 0.286. The third-order valence-electron chi connectivity index (χ3n) is 2.66. The Bertz CT molecular complexity index is 598. The third kappa shape index (κ3) is 3.81. The summed E-state index contributed by atoms with van der Waals surface area (Å²) >= 11 is 0. The Labute approximate surface area is 115 Å². The van der Waals surface area contributed by atoms with Crippen LogP contribution in [0.25, 0.3) is 0 Å². The van der Waals surface area contributed by atoms with Crippen molar-refractivity contribution in [2.45, 2.75) is 13.5 Å². The van der Waals surface area contributed by atoms with Crippen LogP contribution in [0.2, 0.25) is 0 Å². The van der Waals surface area contributed by atoms with Gasteiger partial charge in [-0.2, -0.15) is 0 Å². The third-order valence-corrected chi connectivity index (χ3v) is 2.66. The van der Waals surface area contributed by atoms with E-state index in [0.717, 1.165) is 0 Å². The molecule has 1 aromatic heterocycles. The number of carbonyl (C=O) groups excluding carboxylic acids is 1. The zero-order valence-electron chi connectivity index (χ0n) is 11.3. The predicted molar refractivity (Wildman–Crippen MR) is 69.6 cm³/mol. The molecular formula is C14H15FN2O3. The number of likely N-dealkylation sites (N-methyl/N-ethyl adjacent to an activating group) is 1. The molecule has 0 atom stereocenters. The fourth-order valence-corrected chi connectivity index (χ4v) is 1.64. The topological polar surface area (TPSA) is 55.6 Å². The second kappa shape index (κ2) is 6.18. The highest BCUT2D eigenvalue weighted by molar-refractivity contribution is 5.77. The van der Waals surface area contributed by atoms with Crippen molar-refractivity contribution in [1.82, 2.24) is 10.1 Å². The van der Waals surface area contributed by atoms with Crippen LogP contribution in [-0.4, -0.2) is 29.6 Å². The molecule has 1 heterocycles. The van der Waals surface area contributed by atoms with E-state index >= 15 is 0 Å². The first kappa shape index (κ1) is 14.0. The van der Waals surface area contributed by atoms with Gasteiger partial charge in [0, 0.05) is 19.2 Å². The number of rotatable bonds is 5. The lowest BCUT2D eigenvalue weighted by Crippen LogP contribution is -2.31. The van der Waals surface area contributed by atoms with Crippen molar-refractivity contribution in [2.24, 2.45) is 0 Å². The highest BCUT2D eigenvalue weighted by Gasteiger charge is 2.12. The summed E-state index contributed by atoms with van der Waals surface area (Å²) in [5.74, 6) is 0.386. The number of hydrogen-bond donors (Lipinski definition) is 0. The van der Waals surface area contributed by atoms with Gasteiger partial charge in [-0.05, 0) is 19.1 Å². The van der Waals surface area contributed by atoms with Crippen LogP contribution >= 0.6 is 0 Å². The van der Waals surface area contributed by atoms with Crippen LogP contribution in [0.3, 0.4) is 0 Å². The van der Waals surface area contributed by atoms with Gasteiger partial charge in [-0.1, -0.05) is 11.2 Å². The Morgan fingerprint density at radius 3 is 2.90 bits per heavy atom. The van der Waals surface area contributed by atoms with Crippen molar-refractivity contribution in [3.63, 3.8) is 0 Å². The van der Waals surface area contributed by atoms with Crippen LogP contribution < -0.4 is 4.74 Å². The number of aryl methyl sites for hydroxylation is 1. The molecule has 6 heteroatoms. The molecule has 106 valence electrons. The summed E-state index contributed by atoms with van der Waals surface area (Å²) < 4.78 is 23.1. The number of benzene rings is 1. The normalized spacial score (nSPS) is 10.3.